The average molecular weight is 278 g/mol. The van der Waals surface area contributed by atoms with Crippen LogP contribution in [0.2, 0.25) is 0 Å². The molecular formula is C14H18N2O2S. The highest BCUT2D eigenvalue weighted by Gasteiger charge is 2.18. The monoisotopic (exact) mass is 278 g/mol. The first kappa shape index (κ1) is 15.3. The number of carboxylic acids is 1. The van der Waals surface area contributed by atoms with Gasteiger partial charge in [-0.25, -0.2) is 0 Å². The van der Waals surface area contributed by atoms with Crippen LogP contribution in [0.5, 0.6) is 0 Å². The largest absolute Gasteiger partial charge is 0.481 e. The number of nitrogens with zero attached hydrogens (tertiary/aromatic N) is 2. The highest BCUT2D eigenvalue weighted by Crippen LogP contribution is 2.35. The number of hydrogen-bond acceptors (Lipinski definition) is 4. The lowest BCUT2D eigenvalue weighted by molar-refractivity contribution is -0.136. The van der Waals surface area contributed by atoms with Gasteiger partial charge >= 0.3 is 5.97 Å². The second-order valence-corrected chi connectivity index (χ2v) is 5.80. The molecule has 0 aromatic carbocycles. The van der Waals surface area contributed by atoms with Gasteiger partial charge in [0, 0.05) is 18.0 Å². The molecule has 0 saturated carbocycles. The van der Waals surface area contributed by atoms with Crippen molar-refractivity contribution in [3.8, 4) is 6.07 Å². The van der Waals surface area contributed by atoms with Crippen molar-refractivity contribution in [2.45, 2.75) is 27.2 Å². The lowest BCUT2D eigenvalue weighted by Crippen LogP contribution is -2.27. The van der Waals surface area contributed by atoms with Gasteiger partial charge in [0.2, 0.25) is 0 Å². The molecule has 4 nitrogen and oxygen atoms in total. The van der Waals surface area contributed by atoms with Crippen LogP contribution in [0.3, 0.4) is 0 Å². The number of carbonyl (C=O) groups is 1. The predicted octanol–water partition coefficient (Wildman–Crippen LogP) is 3.09. The molecule has 0 spiro atoms. The molecule has 5 heteroatoms. The van der Waals surface area contributed by atoms with E-state index < -0.39 is 5.97 Å². The van der Waals surface area contributed by atoms with E-state index in [1.165, 1.54) is 11.3 Å². The molecular weight excluding hydrogens is 260 g/mol. The van der Waals surface area contributed by atoms with E-state index in [1.807, 2.05) is 25.7 Å². The Bertz CT molecular complexity index is 540. The smallest absolute Gasteiger partial charge is 0.305 e. The van der Waals surface area contributed by atoms with Gasteiger partial charge in [0.1, 0.15) is 11.1 Å². The summed E-state index contributed by atoms with van der Waals surface area (Å²) in [5, 5.41) is 18.9. The molecule has 0 atom stereocenters. The van der Waals surface area contributed by atoms with E-state index in [0.29, 0.717) is 18.7 Å². The van der Waals surface area contributed by atoms with Crippen LogP contribution in [-0.4, -0.2) is 24.2 Å². The van der Waals surface area contributed by atoms with E-state index >= 15 is 0 Å². The maximum absolute atomic E-state index is 10.7. The van der Waals surface area contributed by atoms with Crippen molar-refractivity contribution in [1.29, 1.82) is 5.26 Å². The van der Waals surface area contributed by atoms with Crippen LogP contribution in [-0.2, 0) is 4.79 Å². The summed E-state index contributed by atoms with van der Waals surface area (Å²) in [7, 11) is 0. The molecule has 0 unspecified atom stereocenters. The predicted molar refractivity (Wildman–Crippen MR) is 77.8 cm³/mol. The van der Waals surface area contributed by atoms with E-state index in [-0.39, 0.29) is 6.42 Å². The van der Waals surface area contributed by atoms with E-state index in [9.17, 15) is 10.1 Å². The van der Waals surface area contributed by atoms with Gasteiger partial charge in [-0.05, 0) is 26.3 Å². The number of nitriles is 1. The Hall–Kier alpha value is -1.80. The number of rotatable bonds is 6. The molecule has 1 rings (SSSR count). The Labute approximate surface area is 117 Å². The quantitative estimate of drug-likeness (QED) is 0.812. The van der Waals surface area contributed by atoms with Gasteiger partial charge in [0.15, 0.2) is 0 Å². The van der Waals surface area contributed by atoms with E-state index in [0.717, 1.165) is 21.0 Å². The highest BCUT2D eigenvalue weighted by atomic mass is 32.1. The molecule has 102 valence electrons. The zero-order valence-electron chi connectivity index (χ0n) is 11.5. The van der Waals surface area contributed by atoms with Gasteiger partial charge in [-0.3, -0.25) is 4.79 Å². The van der Waals surface area contributed by atoms with E-state index in [1.54, 1.807) is 0 Å². The summed E-state index contributed by atoms with van der Waals surface area (Å²) in [4.78, 5) is 13.8. The standard InChI is InChI=1S/C14H18N2O2S/c1-9(2)8-16(6-5-13(17)18)14-12(7-15)10(3)11(4)19-14/h1,5-6,8H2,2-4H3,(H,17,18). The lowest BCUT2D eigenvalue weighted by Gasteiger charge is -2.23. The molecule has 0 aliphatic carbocycles. The Morgan fingerprint density at radius 1 is 1.53 bits per heavy atom. The number of hydrogen-bond donors (Lipinski definition) is 1. The van der Waals surface area contributed by atoms with Crippen molar-refractivity contribution < 1.29 is 9.90 Å². The van der Waals surface area contributed by atoms with Crippen molar-refractivity contribution in [3.63, 3.8) is 0 Å². The SMILES string of the molecule is C=C(C)CN(CCC(=O)O)c1sc(C)c(C)c1C#N. The van der Waals surface area contributed by atoms with Crippen LogP contribution >= 0.6 is 11.3 Å². The first-order valence-electron chi connectivity index (χ1n) is 5.98. The Balaban J connectivity index is 3.10. The average Bonchev–Trinajstić information content (AvgIpc) is 2.60. The summed E-state index contributed by atoms with van der Waals surface area (Å²) >= 11 is 1.54. The van der Waals surface area contributed by atoms with Crippen molar-refractivity contribution in [2.24, 2.45) is 0 Å². The summed E-state index contributed by atoms with van der Waals surface area (Å²) in [6.07, 6.45) is 0.0497. The summed E-state index contributed by atoms with van der Waals surface area (Å²) < 4.78 is 0. The van der Waals surface area contributed by atoms with Crippen LogP contribution in [0.25, 0.3) is 0 Å². The number of carboxylic acid groups (broad SMARTS) is 1. The first-order valence-corrected chi connectivity index (χ1v) is 6.79. The van der Waals surface area contributed by atoms with Gasteiger partial charge in [-0.15, -0.1) is 11.3 Å². The molecule has 0 aliphatic heterocycles. The Morgan fingerprint density at radius 2 is 2.16 bits per heavy atom. The molecule has 0 fully saturated rings. The summed E-state index contributed by atoms with van der Waals surface area (Å²) in [6, 6.07) is 2.22. The van der Waals surface area contributed by atoms with Gasteiger partial charge < -0.3 is 10.0 Å². The van der Waals surface area contributed by atoms with Crippen molar-refractivity contribution in [2.75, 3.05) is 18.0 Å². The zero-order chi connectivity index (χ0) is 14.6. The van der Waals surface area contributed by atoms with E-state index in [2.05, 4.69) is 12.6 Å². The minimum atomic E-state index is -0.838. The second kappa shape index (κ2) is 6.39. The van der Waals surface area contributed by atoms with Crippen LogP contribution in [0.1, 0.15) is 29.3 Å². The molecule has 19 heavy (non-hydrogen) atoms. The number of anilines is 1. The number of aliphatic carboxylic acids is 1. The fourth-order valence-electron chi connectivity index (χ4n) is 1.77. The molecule has 0 bridgehead atoms. The van der Waals surface area contributed by atoms with E-state index in [4.69, 9.17) is 5.11 Å². The lowest BCUT2D eigenvalue weighted by atomic mass is 10.1. The second-order valence-electron chi connectivity index (χ2n) is 4.60. The third-order valence-electron chi connectivity index (χ3n) is 2.82. The summed E-state index contributed by atoms with van der Waals surface area (Å²) in [5.41, 5.74) is 2.57. The van der Waals surface area contributed by atoms with Gasteiger partial charge in [-0.1, -0.05) is 12.2 Å². The Morgan fingerprint density at radius 3 is 2.63 bits per heavy atom. The van der Waals surface area contributed by atoms with Crippen molar-refractivity contribution in [3.05, 3.63) is 28.2 Å². The van der Waals surface area contributed by atoms with Crippen LogP contribution in [0, 0.1) is 25.2 Å². The number of thiophene rings is 1. The van der Waals surface area contributed by atoms with Crippen molar-refractivity contribution in [1.82, 2.24) is 0 Å². The van der Waals surface area contributed by atoms with Gasteiger partial charge in [0.25, 0.3) is 0 Å². The van der Waals surface area contributed by atoms with Gasteiger partial charge in [-0.2, -0.15) is 5.26 Å². The van der Waals surface area contributed by atoms with Crippen molar-refractivity contribution >= 4 is 22.3 Å². The normalized spacial score (nSPS) is 10.0. The van der Waals surface area contributed by atoms with Crippen LogP contribution in [0.15, 0.2) is 12.2 Å². The summed E-state index contributed by atoms with van der Waals surface area (Å²) in [6.45, 7) is 10.6. The molecule has 0 saturated heterocycles. The summed E-state index contributed by atoms with van der Waals surface area (Å²) in [5.74, 6) is -0.838. The van der Waals surface area contributed by atoms with Gasteiger partial charge in [0.05, 0.1) is 12.0 Å². The molecule has 1 aromatic rings. The molecule has 0 aliphatic rings. The highest BCUT2D eigenvalue weighted by molar-refractivity contribution is 7.16. The maximum Gasteiger partial charge on any atom is 0.305 e. The third kappa shape index (κ3) is 3.83. The van der Waals surface area contributed by atoms with Crippen LogP contribution < -0.4 is 4.90 Å². The number of aryl methyl sites for hydroxylation is 1. The first-order chi connectivity index (χ1) is 8.86. The molecule has 1 N–H and O–H groups in total. The fourth-order valence-corrected chi connectivity index (χ4v) is 2.90. The fraction of sp³-hybridized carbons (Fsp3) is 0.429. The molecule has 1 aromatic heterocycles. The molecule has 1 heterocycles. The maximum atomic E-state index is 10.7. The third-order valence-corrected chi connectivity index (χ3v) is 4.09. The topological polar surface area (TPSA) is 64.3 Å². The van der Waals surface area contributed by atoms with Crippen LogP contribution in [0.4, 0.5) is 5.00 Å². The zero-order valence-corrected chi connectivity index (χ0v) is 12.3. The minimum absolute atomic E-state index is 0.0497. The molecule has 0 radical (unpaired) electrons. The minimum Gasteiger partial charge on any atom is -0.481 e. The molecule has 0 amide bonds. The Kier molecular flexibility index (Phi) is 5.13.